The Morgan fingerprint density at radius 2 is 2.08 bits per heavy atom. The number of pyridine rings is 1. The molecule has 0 spiro atoms. The molecule has 1 aromatic rings. The maximum absolute atomic E-state index is 9.85. The minimum Gasteiger partial charge on any atom is -0.393 e. The summed E-state index contributed by atoms with van der Waals surface area (Å²) in [6.45, 7) is 0. The second kappa shape index (κ2) is 7.06. The van der Waals surface area contributed by atoms with Gasteiger partial charge in [0.05, 0.1) is 11.1 Å². The fraction of sp³-hybridized carbons (Fsp3) is 0.421. The van der Waals surface area contributed by atoms with Gasteiger partial charge in [0.2, 0.25) is 0 Å². The Morgan fingerprint density at radius 3 is 2.80 bits per heavy atom. The van der Waals surface area contributed by atoms with Gasteiger partial charge >= 0.3 is 0 Å². The molecule has 1 unspecified atom stereocenters. The number of nitrogens with one attached hydrogen (secondary N) is 1. The Morgan fingerprint density at radius 1 is 1.28 bits per heavy atom. The van der Waals surface area contributed by atoms with Gasteiger partial charge in [0.15, 0.2) is 0 Å². The van der Waals surface area contributed by atoms with E-state index in [1.165, 1.54) is 16.2 Å². The van der Waals surface area contributed by atoms with Crippen LogP contribution in [0.25, 0.3) is 0 Å². The zero-order chi connectivity index (χ0) is 17.4. The van der Waals surface area contributed by atoms with Gasteiger partial charge in [0.25, 0.3) is 0 Å². The standard InChI is InChI=1S/C19H22ClN3OS/c1-23-10-2-3-15-18(25-16-9-6-13(20)11-21-16)17(22-19(15)23)12-4-7-14(24)8-5-12/h2-3,6,9-12,14,19,22,24H,4-5,7-8H2,1H3. The van der Waals surface area contributed by atoms with Crippen molar-refractivity contribution in [1.29, 1.82) is 0 Å². The molecule has 4 rings (SSSR count). The van der Waals surface area contributed by atoms with E-state index in [1.807, 2.05) is 12.1 Å². The van der Waals surface area contributed by atoms with Gasteiger partial charge in [-0.15, -0.1) is 0 Å². The molecule has 0 radical (unpaired) electrons. The van der Waals surface area contributed by atoms with Gasteiger partial charge in [-0.25, -0.2) is 4.98 Å². The highest BCUT2D eigenvalue weighted by molar-refractivity contribution is 8.03. The zero-order valence-electron chi connectivity index (χ0n) is 14.2. The maximum Gasteiger partial charge on any atom is 0.126 e. The summed E-state index contributed by atoms with van der Waals surface area (Å²) >= 11 is 7.68. The van der Waals surface area contributed by atoms with Crippen molar-refractivity contribution >= 4 is 23.4 Å². The monoisotopic (exact) mass is 375 g/mol. The Hall–Kier alpha value is -1.43. The first-order valence-corrected chi connectivity index (χ1v) is 9.90. The van der Waals surface area contributed by atoms with Crippen LogP contribution in [-0.2, 0) is 0 Å². The average Bonchev–Trinajstić information content (AvgIpc) is 2.98. The van der Waals surface area contributed by atoms with Crippen molar-refractivity contribution in [3.63, 3.8) is 0 Å². The summed E-state index contributed by atoms with van der Waals surface area (Å²) in [5.41, 5.74) is 2.60. The second-order valence-corrected chi connectivity index (χ2v) is 8.31. The topological polar surface area (TPSA) is 48.4 Å². The van der Waals surface area contributed by atoms with E-state index in [2.05, 4.69) is 40.6 Å². The Bertz CT molecular complexity index is 736. The number of aliphatic hydroxyl groups is 1. The van der Waals surface area contributed by atoms with Crippen molar-refractivity contribution in [3.8, 4) is 0 Å². The van der Waals surface area contributed by atoms with Crippen molar-refractivity contribution in [1.82, 2.24) is 15.2 Å². The Balaban J connectivity index is 1.67. The highest BCUT2D eigenvalue weighted by atomic mass is 35.5. The summed E-state index contributed by atoms with van der Waals surface area (Å²) in [5.74, 6) is 0.470. The number of aromatic nitrogens is 1. The van der Waals surface area contributed by atoms with Crippen LogP contribution < -0.4 is 5.32 Å². The molecule has 0 bridgehead atoms. The van der Waals surface area contributed by atoms with Crippen LogP contribution >= 0.6 is 23.4 Å². The number of likely N-dealkylation sites (N-methyl/N-ethyl adjacent to an activating group) is 1. The molecule has 2 N–H and O–H groups in total. The van der Waals surface area contributed by atoms with Crippen molar-refractivity contribution in [2.24, 2.45) is 5.92 Å². The predicted octanol–water partition coefficient (Wildman–Crippen LogP) is 3.90. The number of halogens is 1. The number of hydrogen-bond donors (Lipinski definition) is 2. The molecule has 1 saturated carbocycles. The van der Waals surface area contributed by atoms with Crippen LogP contribution in [0.4, 0.5) is 0 Å². The van der Waals surface area contributed by atoms with Crippen LogP contribution in [0.15, 0.2) is 57.9 Å². The number of rotatable bonds is 3. The van der Waals surface area contributed by atoms with Gasteiger partial charge < -0.3 is 15.3 Å². The van der Waals surface area contributed by atoms with E-state index < -0.39 is 0 Å². The Labute approximate surface area is 157 Å². The fourth-order valence-corrected chi connectivity index (χ4v) is 4.93. The largest absolute Gasteiger partial charge is 0.393 e. The molecule has 6 heteroatoms. The first-order valence-electron chi connectivity index (χ1n) is 8.70. The lowest BCUT2D eigenvalue weighted by Gasteiger charge is -2.30. The minimum atomic E-state index is -0.141. The lowest BCUT2D eigenvalue weighted by molar-refractivity contribution is 0.114. The molecule has 2 aliphatic heterocycles. The van der Waals surface area contributed by atoms with Gasteiger partial charge in [-0.3, -0.25) is 0 Å². The van der Waals surface area contributed by atoms with E-state index in [-0.39, 0.29) is 12.3 Å². The first kappa shape index (κ1) is 17.0. The third kappa shape index (κ3) is 3.46. The third-order valence-corrected chi connectivity index (χ3v) is 6.44. The van der Waals surface area contributed by atoms with Gasteiger partial charge in [-0.1, -0.05) is 29.4 Å². The smallest absolute Gasteiger partial charge is 0.126 e. The number of nitrogens with zero attached hydrogens (tertiary/aromatic N) is 2. The lowest BCUT2D eigenvalue weighted by atomic mass is 9.85. The maximum atomic E-state index is 9.85. The summed E-state index contributed by atoms with van der Waals surface area (Å²) < 4.78 is 0. The summed E-state index contributed by atoms with van der Waals surface area (Å²) in [5, 5.41) is 15.2. The van der Waals surface area contributed by atoms with E-state index in [0.717, 1.165) is 30.7 Å². The van der Waals surface area contributed by atoms with Crippen LogP contribution in [0.5, 0.6) is 0 Å². The molecule has 0 saturated heterocycles. The third-order valence-electron chi connectivity index (χ3n) is 5.11. The molecule has 0 amide bonds. The fourth-order valence-electron chi connectivity index (χ4n) is 3.74. The molecule has 0 aromatic carbocycles. The van der Waals surface area contributed by atoms with Crippen LogP contribution in [0, 0.1) is 5.92 Å². The zero-order valence-corrected chi connectivity index (χ0v) is 15.7. The number of fused-ring (bicyclic) bond motifs is 1. The number of aliphatic hydroxyl groups excluding tert-OH is 1. The van der Waals surface area contributed by atoms with E-state index >= 15 is 0 Å². The van der Waals surface area contributed by atoms with E-state index in [1.54, 1.807) is 18.0 Å². The van der Waals surface area contributed by atoms with Gasteiger partial charge in [-0.05, 0) is 43.9 Å². The van der Waals surface area contributed by atoms with Gasteiger partial charge in [-0.2, -0.15) is 0 Å². The average molecular weight is 376 g/mol. The van der Waals surface area contributed by atoms with E-state index in [4.69, 9.17) is 11.6 Å². The molecule has 3 heterocycles. The highest BCUT2D eigenvalue weighted by Gasteiger charge is 2.36. The number of allylic oxidation sites excluding steroid dienone is 3. The second-order valence-electron chi connectivity index (χ2n) is 6.84. The van der Waals surface area contributed by atoms with Gasteiger partial charge in [0, 0.05) is 41.5 Å². The van der Waals surface area contributed by atoms with Crippen molar-refractivity contribution in [2.45, 2.75) is 43.0 Å². The molecular formula is C19H22ClN3OS. The lowest BCUT2D eigenvalue weighted by Crippen LogP contribution is -2.40. The summed E-state index contributed by atoms with van der Waals surface area (Å²) in [4.78, 5) is 7.94. The van der Waals surface area contributed by atoms with Crippen LogP contribution in [-0.4, -0.2) is 34.3 Å². The molecule has 132 valence electrons. The molecule has 1 aromatic heterocycles. The first-order chi connectivity index (χ1) is 12.1. The van der Waals surface area contributed by atoms with Crippen LogP contribution in [0.2, 0.25) is 5.02 Å². The van der Waals surface area contributed by atoms with Crippen LogP contribution in [0.1, 0.15) is 25.7 Å². The normalized spacial score (nSPS) is 28.7. The molecule has 1 aliphatic carbocycles. The Kier molecular flexibility index (Phi) is 4.80. The number of hydrogen-bond acceptors (Lipinski definition) is 5. The minimum absolute atomic E-state index is 0.141. The molecule has 4 nitrogen and oxygen atoms in total. The predicted molar refractivity (Wildman–Crippen MR) is 102 cm³/mol. The summed E-state index contributed by atoms with van der Waals surface area (Å²) in [6.07, 6.45) is 11.9. The van der Waals surface area contributed by atoms with Gasteiger partial charge in [0.1, 0.15) is 11.2 Å². The molecule has 1 fully saturated rings. The molecular weight excluding hydrogens is 354 g/mol. The SMILES string of the molecule is CN1C=CC=C2C(Sc3ccc(Cl)cn3)=C(C3CCC(O)CC3)NC21. The highest BCUT2D eigenvalue weighted by Crippen LogP contribution is 2.45. The van der Waals surface area contributed by atoms with Crippen LogP contribution in [0.3, 0.4) is 0 Å². The van der Waals surface area contributed by atoms with E-state index in [9.17, 15) is 5.11 Å². The van der Waals surface area contributed by atoms with Crippen molar-refractivity contribution < 1.29 is 5.11 Å². The number of thioether (sulfide) groups is 1. The molecule has 1 atom stereocenters. The summed E-state index contributed by atoms with van der Waals surface area (Å²) in [6, 6.07) is 3.85. The molecule has 25 heavy (non-hydrogen) atoms. The van der Waals surface area contributed by atoms with Crippen molar-refractivity contribution in [2.75, 3.05) is 7.05 Å². The molecule has 3 aliphatic rings. The summed E-state index contributed by atoms with van der Waals surface area (Å²) in [7, 11) is 2.09. The van der Waals surface area contributed by atoms with E-state index in [0.29, 0.717) is 10.9 Å². The quantitative estimate of drug-likeness (QED) is 0.838. The van der Waals surface area contributed by atoms with Crippen molar-refractivity contribution in [3.05, 3.63) is 57.9 Å².